The number of halogens is 3. The van der Waals surface area contributed by atoms with E-state index in [0.29, 0.717) is 16.4 Å². The Morgan fingerprint density at radius 3 is 2.71 bits per heavy atom. The fraction of sp³-hybridized carbons (Fsp3) is 0.294. The summed E-state index contributed by atoms with van der Waals surface area (Å²) in [5, 5.41) is 3.17. The molecule has 1 aromatic carbocycles. The standard InChI is InChI=1S/C17H16ClF2N3O/c18-12-2-6-16(21-8-12)22-17(24)10-23(14-4-5-14)9-11-1-3-13(19)7-15(11)20/h1-3,6-8,14H,4-5,9-10H2,(H,21,22,24). The molecule has 0 saturated heterocycles. The van der Waals surface area contributed by atoms with Crippen LogP contribution in [-0.4, -0.2) is 28.4 Å². The molecule has 7 heteroatoms. The molecule has 1 amide bonds. The van der Waals surface area contributed by atoms with Gasteiger partial charge < -0.3 is 5.32 Å². The quantitative estimate of drug-likeness (QED) is 0.864. The first-order valence-corrected chi connectivity index (χ1v) is 7.98. The van der Waals surface area contributed by atoms with Crippen molar-refractivity contribution >= 4 is 23.3 Å². The lowest BCUT2D eigenvalue weighted by Crippen LogP contribution is -2.34. The number of benzene rings is 1. The van der Waals surface area contributed by atoms with Crippen molar-refractivity contribution in [2.24, 2.45) is 0 Å². The molecule has 4 nitrogen and oxygen atoms in total. The van der Waals surface area contributed by atoms with Crippen LogP contribution in [0.4, 0.5) is 14.6 Å². The Kier molecular flexibility index (Phi) is 5.06. The van der Waals surface area contributed by atoms with Gasteiger partial charge in [-0.25, -0.2) is 13.8 Å². The van der Waals surface area contributed by atoms with E-state index in [1.807, 2.05) is 4.90 Å². The molecule has 1 aromatic heterocycles. The van der Waals surface area contributed by atoms with Gasteiger partial charge in [-0.05, 0) is 31.0 Å². The van der Waals surface area contributed by atoms with E-state index in [4.69, 9.17) is 11.6 Å². The lowest BCUT2D eigenvalue weighted by atomic mass is 10.2. The van der Waals surface area contributed by atoms with Gasteiger partial charge in [0.15, 0.2) is 0 Å². The Hall–Kier alpha value is -2.05. The number of rotatable bonds is 6. The summed E-state index contributed by atoms with van der Waals surface area (Å²) in [6.45, 7) is 0.379. The zero-order valence-electron chi connectivity index (χ0n) is 12.8. The molecule has 0 atom stereocenters. The first-order valence-electron chi connectivity index (χ1n) is 7.60. The minimum absolute atomic E-state index is 0.117. The van der Waals surface area contributed by atoms with E-state index in [0.717, 1.165) is 18.9 Å². The van der Waals surface area contributed by atoms with Gasteiger partial charge in [0.2, 0.25) is 5.91 Å². The zero-order valence-corrected chi connectivity index (χ0v) is 13.6. The summed E-state index contributed by atoms with van der Waals surface area (Å²) in [4.78, 5) is 18.1. The van der Waals surface area contributed by atoms with Crippen LogP contribution < -0.4 is 5.32 Å². The van der Waals surface area contributed by atoms with Gasteiger partial charge in [-0.2, -0.15) is 0 Å². The number of hydrogen-bond acceptors (Lipinski definition) is 3. The van der Waals surface area contributed by atoms with Gasteiger partial charge >= 0.3 is 0 Å². The van der Waals surface area contributed by atoms with E-state index >= 15 is 0 Å². The number of anilines is 1. The van der Waals surface area contributed by atoms with Gasteiger partial charge in [-0.15, -0.1) is 0 Å². The van der Waals surface area contributed by atoms with Gasteiger partial charge in [0.25, 0.3) is 0 Å². The highest BCUT2D eigenvalue weighted by atomic mass is 35.5. The van der Waals surface area contributed by atoms with Crippen molar-refractivity contribution < 1.29 is 13.6 Å². The Morgan fingerprint density at radius 1 is 1.29 bits per heavy atom. The van der Waals surface area contributed by atoms with Crippen LogP contribution in [0.1, 0.15) is 18.4 Å². The summed E-state index contributed by atoms with van der Waals surface area (Å²) in [6.07, 6.45) is 3.38. The Balaban J connectivity index is 1.63. The minimum Gasteiger partial charge on any atom is -0.310 e. The number of carbonyl (C=O) groups excluding carboxylic acids is 1. The molecule has 0 bridgehead atoms. The average molecular weight is 352 g/mol. The lowest BCUT2D eigenvalue weighted by Gasteiger charge is -2.21. The van der Waals surface area contributed by atoms with Crippen molar-refractivity contribution in [3.63, 3.8) is 0 Å². The number of amides is 1. The van der Waals surface area contributed by atoms with Crippen molar-refractivity contribution in [2.75, 3.05) is 11.9 Å². The number of aromatic nitrogens is 1. The third-order valence-corrected chi connectivity index (χ3v) is 4.02. The number of nitrogens with one attached hydrogen (secondary N) is 1. The fourth-order valence-electron chi connectivity index (χ4n) is 2.44. The van der Waals surface area contributed by atoms with Crippen LogP contribution in [-0.2, 0) is 11.3 Å². The van der Waals surface area contributed by atoms with Crippen LogP contribution in [0.25, 0.3) is 0 Å². The molecule has 1 aliphatic rings. The molecular weight excluding hydrogens is 336 g/mol. The molecule has 2 aromatic rings. The molecule has 3 rings (SSSR count). The second-order valence-corrected chi connectivity index (χ2v) is 6.22. The number of nitrogens with zero attached hydrogens (tertiary/aromatic N) is 2. The smallest absolute Gasteiger partial charge is 0.239 e. The molecule has 0 spiro atoms. The lowest BCUT2D eigenvalue weighted by molar-refractivity contribution is -0.117. The second-order valence-electron chi connectivity index (χ2n) is 5.78. The van der Waals surface area contributed by atoms with Gasteiger partial charge in [0, 0.05) is 30.4 Å². The maximum absolute atomic E-state index is 13.8. The van der Waals surface area contributed by atoms with E-state index in [1.165, 1.54) is 18.3 Å². The molecule has 1 heterocycles. The largest absolute Gasteiger partial charge is 0.310 e. The Labute approximate surface area is 143 Å². The topological polar surface area (TPSA) is 45.2 Å². The van der Waals surface area contributed by atoms with Crippen LogP contribution in [0, 0.1) is 11.6 Å². The van der Waals surface area contributed by atoms with Crippen molar-refractivity contribution in [1.82, 2.24) is 9.88 Å². The van der Waals surface area contributed by atoms with Gasteiger partial charge in [-0.3, -0.25) is 9.69 Å². The van der Waals surface area contributed by atoms with Crippen molar-refractivity contribution in [3.8, 4) is 0 Å². The number of pyridine rings is 1. The molecule has 1 fully saturated rings. The second kappa shape index (κ2) is 7.23. The molecule has 126 valence electrons. The highest BCUT2D eigenvalue weighted by Gasteiger charge is 2.30. The van der Waals surface area contributed by atoms with Crippen LogP contribution >= 0.6 is 11.6 Å². The van der Waals surface area contributed by atoms with Gasteiger partial charge in [-0.1, -0.05) is 17.7 Å². The zero-order chi connectivity index (χ0) is 17.1. The van der Waals surface area contributed by atoms with Crippen LogP contribution in [0.2, 0.25) is 5.02 Å². The normalized spacial score (nSPS) is 14.0. The molecule has 1 N–H and O–H groups in total. The molecule has 0 unspecified atom stereocenters. The third-order valence-electron chi connectivity index (χ3n) is 3.79. The monoisotopic (exact) mass is 351 g/mol. The predicted molar refractivity (Wildman–Crippen MR) is 87.7 cm³/mol. The number of hydrogen-bond donors (Lipinski definition) is 1. The van der Waals surface area contributed by atoms with Gasteiger partial charge in [0.05, 0.1) is 11.6 Å². The Bertz CT molecular complexity index is 735. The van der Waals surface area contributed by atoms with Crippen LogP contribution in [0.3, 0.4) is 0 Å². The molecule has 1 aliphatic carbocycles. The first kappa shape index (κ1) is 16.8. The molecule has 0 radical (unpaired) electrons. The van der Waals surface area contributed by atoms with Crippen molar-refractivity contribution in [1.29, 1.82) is 0 Å². The molecule has 24 heavy (non-hydrogen) atoms. The maximum Gasteiger partial charge on any atom is 0.239 e. The predicted octanol–water partition coefficient (Wildman–Crippen LogP) is 3.62. The summed E-state index contributed by atoms with van der Waals surface area (Å²) < 4.78 is 26.8. The highest BCUT2D eigenvalue weighted by molar-refractivity contribution is 6.30. The van der Waals surface area contributed by atoms with E-state index in [-0.39, 0.29) is 25.0 Å². The van der Waals surface area contributed by atoms with Crippen LogP contribution in [0.5, 0.6) is 0 Å². The summed E-state index contributed by atoms with van der Waals surface area (Å²) in [6, 6.07) is 6.99. The molecular formula is C17H16ClF2N3O. The van der Waals surface area contributed by atoms with Gasteiger partial charge in [0.1, 0.15) is 17.5 Å². The summed E-state index contributed by atoms with van der Waals surface area (Å²) in [5.74, 6) is -1.03. The van der Waals surface area contributed by atoms with E-state index in [2.05, 4.69) is 10.3 Å². The maximum atomic E-state index is 13.8. The molecule has 0 aliphatic heterocycles. The minimum atomic E-state index is -0.610. The van der Waals surface area contributed by atoms with Crippen LogP contribution in [0.15, 0.2) is 36.5 Å². The summed E-state index contributed by atoms with van der Waals surface area (Å²) >= 11 is 5.75. The highest BCUT2D eigenvalue weighted by Crippen LogP contribution is 2.28. The third kappa shape index (κ3) is 4.49. The fourth-order valence-corrected chi connectivity index (χ4v) is 2.55. The van der Waals surface area contributed by atoms with Crippen molar-refractivity contribution in [2.45, 2.75) is 25.4 Å². The summed E-state index contributed by atoms with van der Waals surface area (Å²) in [5.41, 5.74) is 0.376. The Morgan fingerprint density at radius 2 is 2.08 bits per heavy atom. The van der Waals surface area contributed by atoms with E-state index < -0.39 is 11.6 Å². The van der Waals surface area contributed by atoms with Crippen molar-refractivity contribution in [3.05, 3.63) is 58.7 Å². The molecule has 1 saturated carbocycles. The average Bonchev–Trinajstić information content (AvgIpc) is 3.36. The number of carbonyl (C=O) groups is 1. The van der Waals surface area contributed by atoms with E-state index in [9.17, 15) is 13.6 Å². The van der Waals surface area contributed by atoms with E-state index in [1.54, 1.807) is 12.1 Å². The first-order chi connectivity index (χ1) is 11.5. The summed E-state index contributed by atoms with van der Waals surface area (Å²) in [7, 11) is 0. The SMILES string of the molecule is O=C(CN(Cc1ccc(F)cc1F)C1CC1)Nc1ccc(Cl)cn1.